The van der Waals surface area contributed by atoms with Crippen molar-refractivity contribution < 1.29 is 4.42 Å². The number of aromatic nitrogens is 2. The highest BCUT2D eigenvalue weighted by molar-refractivity contribution is 7.13. The quantitative estimate of drug-likeness (QED) is 0.921. The van der Waals surface area contributed by atoms with Crippen molar-refractivity contribution in [3.8, 4) is 10.8 Å². The highest BCUT2D eigenvalue weighted by atomic mass is 32.1. The summed E-state index contributed by atoms with van der Waals surface area (Å²) in [7, 11) is 0. The molecule has 2 aromatic heterocycles. The number of thiophene rings is 1. The van der Waals surface area contributed by atoms with Crippen LogP contribution in [0.4, 0.5) is 0 Å². The van der Waals surface area contributed by atoms with Crippen LogP contribution in [0, 0.1) is 0 Å². The summed E-state index contributed by atoms with van der Waals surface area (Å²) in [6, 6.07) is 4.62. The minimum atomic E-state index is 0.621. The zero-order chi connectivity index (χ0) is 12.2. The maximum absolute atomic E-state index is 5.68. The third kappa shape index (κ3) is 2.79. The van der Waals surface area contributed by atoms with Crippen molar-refractivity contribution in [3.05, 3.63) is 23.4 Å². The molecule has 3 rings (SSSR count). The van der Waals surface area contributed by atoms with Gasteiger partial charge in [-0.3, -0.25) is 0 Å². The molecule has 0 amide bonds. The number of rotatable bonds is 4. The molecule has 1 unspecified atom stereocenters. The molecule has 0 spiro atoms. The van der Waals surface area contributed by atoms with Crippen LogP contribution in [0.15, 0.2) is 21.9 Å². The van der Waals surface area contributed by atoms with Crippen LogP contribution in [0.1, 0.15) is 31.6 Å². The maximum Gasteiger partial charge on any atom is 0.257 e. The predicted molar refractivity (Wildman–Crippen MR) is 71.6 cm³/mol. The van der Waals surface area contributed by atoms with Gasteiger partial charge in [0.2, 0.25) is 5.89 Å². The monoisotopic (exact) mass is 263 g/mol. The summed E-state index contributed by atoms with van der Waals surface area (Å²) in [4.78, 5) is 1.05. The van der Waals surface area contributed by atoms with E-state index in [9.17, 15) is 0 Å². The Morgan fingerprint density at radius 1 is 1.39 bits per heavy atom. The fraction of sp³-hybridized carbons (Fsp3) is 0.538. The maximum atomic E-state index is 5.68. The molecule has 0 aromatic carbocycles. The van der Waals surface area contributed by atoms with E-state index in [1.807, 2.05) is 17.5 Å². The number of nitrogens with one attached hydrogen (secondary N) is 1. The molecule has 18 heavy (non-hydrogen) atoms. The number of hydrogen-bond donors (Lipinski definition) is 1. The highest BCUT2D eigenvalue weighted by Crippen LogP contribution is 2.23. The predicted octanol–water partition coefficient (Wildman–Crippen LogP) is 2.87. The summed E-state index contributed by atoms with van der Waals surface area (Å²) in [6.07, 6.45) is 5.87. The SMILES string of the molecule is c1csc(-c2nnc(CCC3CCCCN3)o2)c1. The molecule has 1 N–H and O–H groups in total. The molecule has 0 saturated carbocycles. The Kier molecular flexibility index (Phi) is 3.71. The van der Waals surface area contributed by atoms with E-state index in [4.69, 9.17) is 4.42 Å². The van der Waals surface area contributed by atoms with Crippen molar-refractivity contribution in [1.29, 1.82) is 0 Å². The first kappa shape index (κ1) is 11.9. The zero-order valence-corrected chi connectivity index (χ0v) is 11.1. The fourth-order valence-corrected chi connectivity index (χ4v) is 2.97. The lowest BCUT2D eigenvalue weighted by Crippen LogP contribution is -2.34. The molecular formula is C13H17N3OS. The zero-order valence-electron chi connectivity index (χ0n) is 10.3. The van der Waals surface area contributed by atoms with Crippen molar-refractivity contribution >= 4 is 11.3 Å². The molecule has 0 bridgehead atoms. The Morgan fingerprint density at radius 3 is 3.17 bits per heavy atom. The van der Waals surface area contributed by atoms with Crippen molar-refractivity contribution in [2.24, 2.45) is 0 Å². The Morgan fingerprint density at radius 2 is 2.39 bits per heavy atom. The molecule has 4 nitrogen and oxygen atoms in total. The summed E-state index contributed by atoms with van der Waals surface area (Å²) < 4.78 is 5.68. The van der Waals surface area contributed by atoms with Gasteiger partial charge < -0.3 is 9.73 Å². The van der Waals surface area contributed by atoms with E-state index in [2.05, 4.69) is 15.5 Å². The Bertz CT molecular complexity index is 474. The Labute approximate surface area is 110 Å². The minimum Gasteiger partial charge on any atom is -0.420 e. The van der Waals surface area contributed by atoms with Crippen LogP contribution in [-0.4, -0.2) is 22.8 Å². The van der Waals surface area contributed by atoms with E-state index in [0.29, 0.717) is 11.9 Å². The van der Waals surface area contributed by atoms with Crippen molar-refractivity contribution in [2.75, 3.05) is 6.54 Å². The van der Waals surface area contributed by atoms with Gasteiger partial charge in [0.1, 0.15) is 0 Å². The standard InChI is InChI=1S/C13H17N3OS/c1-2-8-14-10(4-1)6-7-12-15-16-13(17-12)11-5-3-9-18-11/h3,5,9-10,14H,1-2,4,6-8H2. The lowest BCUT2D eigenvalue weighted by atomic mass is 10.0. The van der Waals surface area contributed by atoms with Crippen LogP contribution >= 0.6 is 11.3 Å². The first-order valence-electron chi connectivity index (χ1n) is 6.51. The molecule has 1 fully saturated rings. The Hall–Kier alpha value is -1.20. The van der Waals surface area contributed by atoms with Gasteiger partial charge in [-0.05, 0) is 37.3 Å². The molecule has 1 aliphatic heterocycles. The van der Waals surface area contributed by atoms with Crippen molar-refractivity contribution in [1.82, 2.24) is 15.5 Å². The second kappa shape index (κ2) is 5.63. The van der Waals surface area contributed by atoms with Crippen LogP contribution in [0.5, 0.6) is 0 Å². The van der Waals surface area contributed by atoms with Gasteiger partial charge in [-0.2, -0.15) is 0 Å². The van der Waals surface area contributed by atoms with E-state index in [1.54, 1.807) is 11.3 Å². The average Bonchev–Trinajstić information content (AvgIpc) is 3.08. The van der Waals surface area contributed by atoms with Crippen LogP contribution in [0.25, 0.3) is 10.8 Å². The molecule has 5 heteroatoms. The largest absolute Gasteiger partial charge is 0.420 e. The molecule has 1 aliphatic rings. The van der Waals surface area contributed by atoms with Crippen molar-refractivity contribution in [2.45, 2.75) is 38.1 Å². The fourth-order valence-electron chi connectivity index (χ4n) is 2.32. The van der Waals surface area contributed by atoms with Gasteiger partial charge >= 0.3 is 0 Å². The number of aryl methyl sites for hydroxylation is 1. The normalized spacial score (nSPS) is 20.1. The second-order valence-corrected chi connectivity index (χ2v) is 5.61. The second-order valence-electron chi connectivity index (χ2n) is 4.66. The van der Waals surface area contributed by atoms with Gasteiger partial charge in [-0.15, -0.1) is 21.5 Å². The Balaban J connectivity index is 1.57. The van der Waals surface area contributed by atoms with Gasteiger partial charge in [0.15, 0.2) is 0 Å². The minimum absolute atomic E-state index is 0.621. The lowest BCUT2D eigenvalue weighted by molar-refractivity contribution is 0.369. The van der Waals surface area contributed by atoms with Gasteiger partial charge in [-0.1, -0.05) is 12.5 Å². The summed E-state index contributed by atoms with van der Waals surface area (Å²) in [6.45, 7) is 1.15. The third-order valence-electron chi connectivity index (χ3n) is 3.32. The first-order chi connectivity index (χ1) is 8.92. The van der Waals surface area contributed by atoms with Gasteiger partial charge in [-0.25, -0.2) is 0 Å². The van der Waals surface area contributed by atoms with Crippen LogP contribution in [-0.2, 0) is 6.42 Å². The van der Waals surface area contributed by atoms with E-state index in [-0.39, 0.29) is 0 Å². The average molecular weight is 263 g/mol. The number of piperidine rings is 1. The van der Waals surface area contributed by atoms with Crippen LogP contribution in [0.2, 0.25) is 0 Å². The molecule has 0 aliphatic carbocycles. The van der Waals surface area contributed by atoms with Gasteiger partial charge in [0.25, 0.3) is 5.89 Å². The molecule has 0 radical (unpaired) electrons. The molecule has 3 heterocycles. The molecule has 96 valence electrons. The smallest absolute Gasteiger partial charge is 0.257 e. The summed E-state index contributed by atoms with van der Waals surface area (Å²) >= 11 is 1.63. The first-order valence-corrected chi connectivity index (χ1v) is 7.39. The summed E-state index contributed by atoms with van der Waals surface area (Å²) in [5.74, 6) is 1.40. The molecular weight excluding hydrogens is 246 g/mol. The number of hydrogen-bond acceptors (Lipinski definition) is 5. The van der Waals surface area contributed by atoms with E-state index in [1.165, 1.54) is 19.3 Å². The molecule has 2 aromatic rings. The van der Waals surface area contributed by atoms with Crippen LogP contribution < -0.4 is 5.32 Å². The molecule has 1 saturated heterocycles. The summed E-state index contributed by atoms with van der Waals surface area (Å²) in [5.41, 5.74) is 0. The van der Waals surface area contributed by atoms with Crippen molar-refractivity contribution in [3.63, 3.8) is 0 Å². The van der Waals surface area contributed by atoms with Gasteiger partial charge in [0.05, 0.1) is 4.88 Å². The van der Waals surface area contributed by atoms with E-state index >= 15 is 0 Å². The van der Waals surface area contributed by atoms with E-state index in [0.717, 1.165) is 30.2 Å². The van der Waals surface area contributed by atoms with Crippen LogP contribution in [0.3, 0.4) is 0 Å². The summed E-state index contributed by atoms with van der Waals surface area (Å²) in [5, 5.41) is 13.8. The third-order valence-corrected chi connectivity index (χ3v) is 4.18. The van der Waals surface area contributed by atoms with E-state index < -0.39 is 0 Å². The lowest BCUT2D eigenvalue weighted by Gasteiger charge is -2.22. The topological polar surface area (TPSA) is 51.0 Å². The molecule has 1 atom stereocenters. The van der Waals surface area contributed by atoms with Gasteiger partial charge in [0, 0.05) is 12.5 Å². The number of nitrogens with zero attached hydrogens (tertiary/aromatic N) is 2. The highest BCUT2D eigenvalue weighted by Gasteiger charge is 2.15.